The Hall–Kier alpha value is -3.16. The molecule has 0 radical (unpaired) electrons. The largest absolute Gasteiger partial charge is 0.461 e. The molecule has 1 fully saturated rings. The van der Waals surface area contributed by atoms with Gasteiger partial charge >= 0.3 is 5.97 Å². The molecule has 2 aliphatic rings. The number of aromatic nitrogens is 2. The fourth-order valence-electron chi connectivity index (χ4n) is 4.92. The lowest BCUT2D eigenvalue weighted by Crippen LogP contribution is -2.65. The number of carbonyl (C=O) groups excluding carboxylic acids is 3. The van der Waals surface area contributed by atoms with Gasteiger partial charge in [0.1, 0.15) is 11.2 Å². The number of fused-ring (bicyclic) bond motifs is 1. The number of esters is 1. The number of aryl methyl sites for hydroxylation is 2. The highest BCUT2D eigenvalue weighted by atomic mass is 16.5. The van der Waals surface area contributed by atoms with Gasteiger partial charge in [-0.1, -0.05) is 31.7 Å². The van der Waals surface area contributed by atoms with Crippen molar-refractivity contribution in [2.75, 3.05) is 11.5 Å². The predicted octanol–water partition coefficient (Wildman–Crippen LogP) is 3.93. The third-order valence-electron chi connectivity index (χ3n) is 7.07. The van der Waals surface area contributed by atoms with Crippen molar-refractivity contribution in [3.8, 4) is 0 Å². The van der Waals surface area contributed by atoms with Crippen LogP contribution in [0.3, 0.4) is 0 Å². The molecule has 2 heterocycles. The lowest BCUT2D eigenvalue weighted by molar-refractivity contribution is -0.127. The van der Waals surface area contributed by atoms with Gasteiger partial charge in [0, 0.05) is 17.8 Å². The summed E-state index contributed by atoms with van der Waals surface area (Å²) in [7, 11) is 0. The minimum atomic E-state index is -1.21. The number of nitrogens with one attached hydrogen (secondary N) is 1. The van der Waals surface area contributed by atoms with Gasteiger partial charge in [0.25, 0.3) is 5.91 Å². The molecule has 0 spiro atoms. The maximum Gasteiger partial charge on any atom is 0.358 e. The summed E-state index contributed by atoms with van der Waals surface area (Å²) in [4.78, 5) is 41.5. The van der Waals surface area contributed by atoms with E-state index >= 15 is 0 Å². The number of nitrogens with zero attached hydrogens (tertiary/aromatic N) is 3. The molecular formula is C26H34N4O4. The van der Waals surface area contributed by atoms with Gasteiger partial charge in [0.15, 0.2) is 5.69 Å². The highest BCUT2D eigenvalue weighted by Crippen LogP contribution is 2.34. The molecule has 0 bridgehead atoms. The maximum absolute atomic E-state index is 13.8. The molecule has 1 atom stereocenters. The Morgan fingerprint density at radius 2 is 1.82 bits per heavy atom. The minimum absolute atomic E-state index is 0.0682. The van der Waals surface area contributed by atoms with Crippen LogP contribution in [0.1, 0.15) is 84.5 Å². The number of rotatable bonds is 5. The summed E-state index contributed by atoms with van der Waals surface area (Å²) in [6.45, 7) is 7.84. The zero-order valence-corrected chi connectivity index (χ0v) is 20.5. The molecule has 1 aromatic carbocycles. The first-order chi connectivity index (χ1) is 16.2. The van der Waals surface area contributed by atoms with Crippen molar-refractivity contribution in [2.45, 2.75) is 84.3 Å². The van der Waals surface area contributed by atoms with Gasteiger partial charge in [-0.15, -0.1) is 0 Å². The van der Waals surface area contributed by atoms with E-state index in [1.807, 2.05) is 32.0 Å². The summed E-state index contributed by atoms with van der Waals surface area (Å²) in [5, 5.41) is 7.56. The van der Waals surface area contributed by atoms with Crippen molar-refractivity contribution in [3.05, 3.63) is 46.8 Å². The van der Waals surface area contributed by atoms with Crippen LogP contribution in [-0.4, -0.2) is 45.8 Å². The molecule has 0 unspecified atom stereocenters. The zero-order chi connectivity index (χ0) is 24.5. The number of anilines is 1. The van der Waals surface area contributed by atoms with E-state index in [2.05, 4.69) is 10.4 Å². The van der Waals surface area contributed by atoms with Crippen LogP contribution in [0.4, 0.5) is 5.69 Å². The van der Waals surface area contributed by atoms with E-state index in [0.29, 0.717) is 5.69 Å². The Labute approximate surface area is 200 Å². The Balaban J connectivity index is 1.75. The predicted molar refractivity (Wildman–Crippen MR) is 129 cm³/mol. The Morgan fingerprint density at radius 3 is 2.47 bits per heavy atom. The topological polar surface area (TPSA) is 93.5 Å². The summed E-state index contributed by atoms with van der Waals surface area (Å²) in [5.74, 6) is -1.15. The van der Waals surface area contributed by atoms with E-state index in [-0.39, 0.29) is 42.4 Å². The zero-order valence-electron chi connectivity index (χ0n) is 20.5. The quantitative estimate of drug-likeness (QED) is 0.532. The molecule has 1 aromatic heterocycles. The lowest BCUT2D eigenvalue weighted by Gasteiger charge is -2.43. The van der Waals surface area contributed by atoms with Crippen LogP contribution in [-0.2, 0) is 16.1 Å². The van der Waals surface area contributed by atoms with Crippen molar-refractivity contribution in [1.29, 1.82) is 0 Å². The summed E-state index contributed by atoms with van der Waals surface area (Å²) in [5.41, 5.74) is 1.91. The van der Waals surface area contributed by atoms with Gasteiger partial charge in [-0.2, -0.15) is 5.10 Å². The third kappa shape index (κ3) is 4.45. The summed E-state index contributed by atoms with van der Waals surface area (Å²) < 4.78 is 6.55. The van der Waals surface area contributed by atoms with Gasteiger partial charge in [-0.05, 0) is 63.8 Å². The Morgan fingerprint density at radius 1 is 1.12 bits per heavy atom. The van der Waals surface area contributed by atoms with Crippen LogP contribution in [0, 0.1) is 13.8 Å². The Kier molecular flexibility index (Phi) is 6.77. The molecule has 1 N–H and O–H groups in total. The fraction of sp³-hybridized carbons (Fsp3) is 0.538. The number of benzene rings is 1. The van der Waals surface area contributed by atoms with Crippen LogP contribution in [0.2, 0.25) is 0 Å². The summed E-state index contributed by atoms with van der Waals surface area (Å²) >= 11 is 0. The molecule has 0 saturated heterocycles. The van der Waals surface area contributed by atoms with Crippen molar-refractivity contribution in [3.63, 3.8) is 0 Å². The van der Waals surface area contributed by atoms with E-state index in [9.17, 15) is 14.4 Å². The van der Waals surface area contributed by atoms with Gasteiger partial charge in [0.2, 0.25) is 5.91 Å². The number of hydrogen-bond acceptors (Lipinski definition) is 5. The van der Waals surface area contributed by atoms with E-state index in [1.54, 1.807) is 18.7 Å². The summed E-state index contributed by atoms with van der Waals surface area (Å²) in [6, 6.07) is 7.31. The molecule has 2 aromatic rings. The molecular weight excluding hydrogens is 432 g/mol. The molecule has 1 aliphatic carbocycles. The van der Waals surface area contributed by atoms with Crippen LogP contribution in [0.5, 0.6) is 0 Å². The monoisotopic (exact) mass is 466 g/mol. The molecule has 8 heteroatoms. The maximum atomic E-state index is 13.8. The molecule has 2 amide bonds. The molecule has 1 saturated carbocycles. The van der Waals surface area contributed by atoms with Gasteiger partial charge in [-0.3, -0.25) is 19.2 Å². The van der Waals surface area contributed by atoms with Crippen LogP contribution < -0.4 is 10.2 Å². The van der Waals surface area contributed by atoms with Crippen molar-refractivity contribution in [2.24, 2.45) is 0 Å². The number of carbonyl (C=O) groups is 3. The minimum Gasteiger partial charge on any atom is -0.461 e. The number of hydrogen-bond donors (Lipinski definition) is 1. The first kappa shape index (κ1) is 24.0. The normalized spacial score (nSPS) is 21.1. The first-order valence-corrected chi connectivity index (χ1v) is 12.2. The second-order valence-corrected chi connectivity index (χ2v) is 9.64. The number of amides is 2. The Bertz CT molecular complexity index is 1100. The average Bonchev–Trinajstić information content (AvgIpc) is 3.05. The van der Waals surface area contributed by atoms with E-state index < -0.39 is 11.5 Å². The highest BCUT2D eigenvalue weighted by molar-refractivity contribution is 6.12. The average molecular weight is 467 g/mol. The van der Waals surface area contributed by atoms with Gasteiger partial charge in [0.05, 0.1) is 13.2 Å². The van der Waals surface area contributed by atoms with E-state index in [0.717, 1.165) is 36.8 Å². The molecule has 4 rings (SSSR count). The SMILES string of the molecule is CCOC(=O)c1cc2n(n1)C[C@@](C)(C(=O)NC1CCCCCC1)N(c1ccc(C)c(C)c1)C2=O. The number of ether oxygens (including phenoxy) is 1. The van der Waals surface area contributed by atoms with Crippen LogP contribution >= 0.6 is 0 Å². The lowest BCUT2D eigenvalue weighted by atomic mass is 9.92. The van der Waals surface area contributed by atoms with Crippen molar-refractivity contribution < 1.29 is 19.1 Å². The van der Waals surface area contributed by atoms with E-state index in [4.69, 9.17) is 4.74 Å². The van der Waals surface area contributed by atoms with Crippen LogP contribution in [0.25, 0.3) is 0 Å². The van der Waals surface area contributed by atoms with E-state index in [1.165, 1.54) is 23.6 Å². The fourth-order valence-corrected chi connectivity index (χ4v) is 4.92. The van der Waals surface area contributed by atoms with Gasteiger partial charge in [-0.25, -0.2) is 4.79 Å². The molecule has 8 nitrogen and oxygen atoms in total. The standard InChI is InChI=1S/C26H34N4O4/c1-5-34-24(32)21-15-22-23(31)30(20-13-12-17(2)18(3)14-20)26(4,16-29(22)28-21)25(33)27-19-10-8-6-7-9-11-19/h12-15,19H,5-11,16H2,1-4H3,(H,27,33)/t26-/m0/s1. The first-order valence-electron chi connectivity index (χ1n) is 12.2. The molecule has 34 heavy (non-hydrogen) atoms. The third-order valence-corrected chi connectivity index (χ3v) is 7.07. The van der Waals surface area contributed by atoms with Gasteiger partial charge < -0.3 is 10.1 Å². The summed E-state index contributed by atoms with van der Waals surface area (Å²) in [6.07, 6.45) is 6.44. The second-order valence-electron chi connectivity index (χ2n) is 9.64. The van der Waals surface area contributed by atoms with Crippen LogP contribution in [0.15, 0.2) is 24.3 Å². The van der Waals surface area contributed by atoms with Crippen molar-refractivity contribution >= 4 is 23.5 Å². The molecule has 1 aliphatic heterocycles. The molecule has 182 valence electrons. The van der Waals surface area contributed by atoms with Crippen molar-refractivity contribution in [1.82, 2.24) is 15.1 Å². The second kappa shape index (κ2) is 9.60. The highest BCUT2D eigenvalue weighted by Gasteiger charge is 2.49. The smallest absolute Gasteiger partial charge is 0.358 e.